The number of carbonyl (C=O) groups is 5. The van der Waals surface area contributed by atoms with Crippen molar-refractivity contribution in [2.45, 2.75) is 57.2 Å². The first-order chi connectivity index (χ1) is 23.7. The lowest BCUT2D eigenvalue weighted by Crippen LogP contribution is -2.60. The van der Waals surface area contributed by atoms with Crippen LogP contribution in [0.3, 0.4) is 0 Å². The molecular weight excluding hydrogens is 626 g/mol. The highest BCUT2D eigenvalue weighted by atomic mass is 16.2. The number of fused-ring (bicyclic) bond motifs is 2. The summed E-state index contributed by atoms with van der Waals surface area (Å²) in [5, 5.41) is 5.54. The number of nitrogens with zero attached hydrogens (tertiary/aromatic N) is 6. The van der Waals surface area contributed by atoms with E-state index in [1.807, 2.05) is 12.1 Å². The summed E-state index contributed by atoms with van der Waals surface area (Å²) >= 11 is 0. The van der Waals surface area contributed by atoms with E-state index in [9.17, 15) is 24.0 Å². The summed E-state index contributed by atoms with van der Waals surface area (Å²) in [6.45, 7) is 5.10. The molecule has 14 heteroatoms. The number of carbonyl (C=O) groups excluding carboxylic acids is 5. The van der Waals surface area contributed by atoms with Gasteiger partial charge in [-0.05, 0) is 73.6 Å². The highest BCUT2D eigenvalue weighted by Gasteiger charge is 2.45. The zero-order valence-corrected chi connectivity index (χ0v) is 27.0. The molecule has 1 aromatic heterocycles. The zero-order chi connectivity index (χ0) is 33.8. The third-order valence-corrected chi connectivity index (χ3v) is 10.4. The van der Waals surface area contributed by atoms with Gasteiger partial charge in [-0.2, -0.15) is 0 Å². The average Bonchev–Trinajstić information content (AvgIpc) is 3.32. The maximum absolute atomic E-state index is 13.3. The number of nitrogens with one attached hydrogen (secondary N) is 2. The van der Waals surface area contributed by atoms with Crippen LogP contribution in [0.5, 0.6) is 0 Å². The number of benzene rings is 2. The van der Waals surface area contributed by atoms with Gasteiger partial charge in [-0.3, -0.25) is 39.1 Å². The van der Waals surface area contributed by atoms with E-state index in [2.05, 4.69) is 42.5 Å². The van der Waals surface area contributed by atoms with Gasteiger partial charge in [0.2, 0.25) is 11.8 Å². The molecule has 4 N–H and O–H groups in total. The standard InChI is InChI=1S/C35H37N9O5/c36-31(46)30-32(39-28(16-37-30)41-11-2-1-3-12-41)38-22-5-4-21-17-42(13-10-20(21)14-22)24-18-43(19-24)23-6-7-25-26(15-23)35(49)44(34(25)48)27-8-9-29(45)40-33(27)47/h4-7,14-16,24,27H,1-3,8-13,17-19H2,(H2,36,46)(H,38,39)(H,40,45,47). The third kappa shape index (κ3) is 5.65. The van der Waals surface area contributed by atoms with E-state index in [1.165, 1.54) is 17.5 Å². The van der Waals surface area contributed by atoms with E-state index in [0.29, 0.717) is 17.4 Å². The molecule has 8 rings (SSSR count). The van der Waals surface area contributed by atoms with Gasteiger partial charge in [-0.25, -0.2) is 9.97 Å². The Hall–Kier alpha value is -5.37. The van der Waals surface area contributed by atoms with Gasteiger partial charge < -0.3 is 20.9 Å². The Morgan fingerprint density at radius 3 is 2.45 bits per heavy atom. The van der Waals surface area contributed by atoms with Crippen molar-refractivity contribution < 1.29 is 24.0 Å². The van der Waals surface area contributed by atoms with E-state index < -0.39 is 35.6 Å². The summed E-state index contributed by atoms with van der Waals surface area (Å²) in [5.74, 6) is -1.53. The smallest absolute Gasteiger partial charge is 0.271 e. The fraction of sp³-hybridized carbons (Fsp3) is 0.400. The molecule has 0 aliphatic carbocycles. The number of aromatic nitrogens is 2. The number of nitrogens with two attached hydrogens (primary N) is 1. The Morgan fingerprint density at radius 1 is 0.878 bits per heavy atom. The van der Waals surface area contributed by atoms with Gasteiger partial charge >= 0.3 is 0 Å². The highest BCUT2D eigenvalue weighted by molar-refractivity contribution is 6.23. The van der Waals surface area contributed by atoms with Gasteiger partial charge in [0.15, 0.2) is 11.5 Å². The molecule has 0 spiro atoms. The lowest BCUT2D eigenvalue weighted by molar-refractivity contribution is -0.136. The molecule has 3 fully saturated rings. The molecule has 0 radical (unpaired) electrons. The second-order valence-electron chi connectivity index (χ2n) is 13.4. The molecule has 1 unspecified atom stereocenters. The van der Waals surface area contributed by atoms with Crippen molar-refractivity contribution in [3.05, 3.63) is 70.5 Å². The topological polar surface area (TPSA) is 174 Å². The van der Waals surface area contributed by atoms with Crippen LogP contribution in [0.2, 0.25) is 0 Å². The van der Waals surface area contributed by atoms with Crippen LogP contribution in [-0.4, -0.2) is 94.1 Å². The van der Waals surface area contributed by atoms with Gasteiger partial charge in [0.25, 0.3) is 17.7 Å². The van der Waals surface area contributed by atoms with E-state index >= 15 is 0 Å². The molecular formula is C35H37N9O5. The van der Waals surface area contributed by atoms with Crippen LogP contribution < -0.4 is 26.2 Å². The maximum Gasteiger partial charge on any atom is 0.271 e. The molecule has 252 valence electrons. The molecule has 0 saturated carbocycles. The van der Waals surface area contributed by atoms with Crippen LogP contribution in [0.1, 0.15) is 74.4 Å². The first-order valence-electron chi connectivity index (χ1n) is 16.9. The second kappa shape index (κ2) is 12.3. The predicted molar refractivity (Wildman–Crippen MR) is 180 cm³/mol. The summed E-state index contributed by atoms with van der Waals surface area (Å²) in [6.07, 6.45) is 6.13. The van der Waals surface area contributed by atoms with Crippen molar-refractivity contribution in [2.75, 3.05) is 47.8 Å². The molecule has 49 heavy (non-hydrogen) atoms. The fourth-order valence-electron chi connectivity index (χ4n) is 7.58. The summed E-state index contributed by atoms with van der Waals surface area (Å²) in [6, 6.07) is 10.8. The first-order valence-corrected chi connectivity index (χ1v) is 16.9. The molecule has 3 saturated heterocycles. The van der Waals surface area contributed by atoms with Crippen LogP contribution in [0.4, 0.5) is 23.0 Å². The van der Waals surface area contributed by atoms with Crippen molar-refractivity contribution in [3.8, 4) is 0 Å². The number of hydrogen-bond donors (Lipinski definition) is 3. The van der Waals surface area contributed by atoms with Gasteiger partial charge in [-0.15, -0.1) is 0 Å². The third-order valence-electron chi connectivity index (χ3n) is 10.4. The molecule has 5 aliphatic heterocycles. The summed E-state index contributed by atoms with van der Waals surface area (Å²) in [7, 11) is 0. The minimum absolute atomic E-state index is 0.0870. The highest BCUT2D eigenvalue weighted by Crippen LogP contribution is 2.34. The van der Waals surface area contributed by atoms with E-state index in [1.54, 1.807) is 18.3 Å². The Morgan fingerprint density at radius 2 is 1.67 bits per heavy atom. The van der Waals surface area contributed by atoms with E-state index in [-0.39, 0.29) is 24.1 Å². The van der Waals surface area contributed by atoms with Gasteiger partial charge in [0.1, 0.15) is 11.9 Å². The summed E-state index contributed by atoms with van der Waals surface area (Å²) < 4.78 is 0. The normalized spacial score (nSPS) is 21.3. The quantitative estimate of drug-likeness (QED) is 0.315. The van der Waals surface area contributed by atoms with Crippen molar-refractivity contribution in [1.29, 1.82) is 0 Å². The number of imide groups is 2. The van der Waals surface area contributed by atoms with Crippen LogP contribution in [0, 0.1) is 0 Å². The maximum atomic E-state index is 13.3. The molecule has 3 aromatic rings. The molecule has 0 bridgehead atoms. The SMILES string of the molecule is NC(=O)c1ncc(N2CCCCC2)nc1Nc1ccc2c(c1)CCN(C1CN(c3ccc4c(c3)C(=O)N(C3CCC(=O)NC3=O)C4=O)C1)C2. The monoisotopic (exact) mass is 663 g/mol. The molecule has 5 amide bonds. The predicted octanol–water partition coefficient (Wildman–Crippen LogP) is 1.96. The number of primary amides is 1. The molecule has 5 aliphatic rings. The lowest BCUT2D eigenvalue weighted by atomic mass is 9.95. The van der Waals surface area contributed by atoms with Crippen LogP contribution in [0.15, 0.2) is 42.6 Å². The van der Waals surface area contributed by atoms with Crippen molar-refractivity contribution >= 4 is 52.5 Å². The largest absolute Gasteiger partial charge is 0.368 e. The number of anilines is 4. The van der Waals surface area contributed by atoms with Gasteiger partial charge in [-0.1, -0.05) is 6.07 Å². The van der Waals surface area contributed by atoms with Crippen LogP contribution in [-0.2, 0) is 22.6 Å². The number of rotatable bonds is 7. The molecule has 14 nitrogen and oxygen atoms in total. The Kier molecular flexibility index (Phi) is 7.74. The van der Waals surface area contributed by atoms with Gasteiger partial charge in [0.05, 0.1) is 17.3 Å². The first kappa shape index (κ1) is 30.9. The van der Waals surface area contributed by atoms with Crippen molar-refractivity contribution in [1.82, 2.24) is 25.1 Å². The minimum atomic E-state index is -0.979. The lowest BCUT2D eigenvalue weighted by Gasteiger charge is -2.48. The number of piperidine rings is 2. The van der Waals surface area contributed by atoms with E-state index in [4.69, 9.17) is 10.7 Å². The average molecular weight is 664 g/mol. The van der Waals surface area contributed by atoms with Gasteiger partial charge in [0, 0.05) is 63.1 Å². The Bertz CT molecular complexity index is 1900. The van der Waals surface area contributed by atoms with Crippen LogP contribution >= 0.6 is 0 Å². The van der Waals surface area contributed by atoms with E-state index in [0.717, 1.165) is 80.6 Å². The summed E-state index contributed by atoms with van der Waals surface area (Å²) in [4.78, 5) is 79.4. The summed E-state index contributed by atoms with van der Waals surface area (Å²) in [5.41, 5.74) is 10.5. The van der Waals surface area contributed by atoms with Crippen molar-refractivity contribution in [2.24, 2.45) is 5.73 Å². The second-order valence-corrected chi connectivity index (χ2v) is 13.4. The molecule has 2 aromatic carbocycles. The molecule has 1 atom stereocenters. The Labute approximate surface area is 282 Å². The van der Waals surface area contributed by atoms with Crippen molar-refractivity contribution in [3.63, 3.8) is 0 Å². The zero-order valence-electron chi connectivity index (χ0n) is 27.0. The Balaban J connectivity index is 0.907. The molecule has 6 heterocycles. The fourth-order valence-corrected chi connectivity index (χ4v) is 7.58. The van der Waals surface area contributed by atoms with Crippen LogP contribution in [0.25, 0.3) is 0 Å². The minimum Gasteiger partial charge on any atom is -0.368 e. The number of hydrogen-bond acceptors (Lipinski definition) is 11. The number of amides is 5.